The maximum absolute atomic E-state index is 12.3. The number of hydrogen-bond donors (Lipinski definition) is 1. The molecule has 2 rings (SSSR count). The minimum Gasteiger partial charge on any atom is -0.337 e. The molecule has 110 valence electrons. The number of likely N-dealkylation sites (N-methyl/N-ethyl adjacent to an activating group) is 1. The summed E-state index contributed by atoms with van der Waals surface area (Å²) in [5.74, 6) is -0.165. The quantitative estimate of drug-likeness (QED) is 0.659. The number of carbonyl (C=O) groups is 1. The monoisotopic (exact) mass is 363 g/mol. The second kappa shape index (κ2) is 7.01. The molecule has 0 aromatic heterocycles. The van der Waals surface area contributed by atoms with Crippen LogP contribution in [0.2, 0.25) is 0 Å². The van der Waals surface area contributed by atoms with E-state index in [2.05, 4.69) is 21.2 Å². The third-order valence-corrected chi connectivity index (χ3v) is 3.68. The molecule has 6 nitrogen and oxygen atoms in total. The molecule has 1 saturated heterocycles. The molecule has 1 aromatic rings. The molecule has 1 aliphatic heterocycles. The van der Waals surface area contributed by atoms with Crippen molar-refractivity contribution in [2.75, 3.05) is 20.1 Å². The van der Waals surface area contributed by atoms with Gasteiger partial charge in [0.1, 0.15) is 0 Å². The molecule has 1 unspecified atom stereocenters. The van der Waals surface area contributed by atoms with E-state index >= 15 is 0 Å². The maximum atomic E-state index is 12.3. The first-order chi connectivity index (χ1) is 9.01. The number of carbonyl (C=O) groups excluding carboxylic acids is 1. The first-order valence-corrected chi connectivity index (χ1v) is 6.72. The third kappa shape index (κ3) is 3.68. The zero-order valence-corrected chi connectivity index (χ0v) is 13.2. The Morgan fingerprint density at radius 2 is 2.20 bits per heavy atom. The van der Waals surface area contributed by atoms with Gasteiger partial charge < -0.3 is 10.2 Å². The maximum Gasteiger partial charge on any atom is 0.271 e. The molecule has 0 radical (unpaired) electrons. The van der Waals surface area contributed by atoms with E-state index in [1.54, 1.807) is 11.0 Å². The van der Waals surface area contributed by atoms with Crippen LogP contribution in [-0.2, 0) is 0 Å². The lowest BCUT2D eigenvalue weighted by atomic mass is 10.2. The van der Waals surface area contributed by atoms with E-state index in [0.717, 1.165) is 6.42 Å². The number of rotatable bonds is 3. The fraction of sp³-hybridized carbons (Fsp3) is 0.417. The molecule has 0 aliphatic carbocycles. The van der Waals surface area contributed by atoms with Gasteiger partial charge in [-0.2, -0.15) is 0 Å². The zero-order chi connectivity index (χ0) is 14.0. The van der Waals surface area contributed by atoms with Crippen molar-refractivity contribution in [1.29, 1.82) is 0 Å². The average Bonchev–Trinajstić information content (AvgIpc) is 2.85. The smallest absolute Gasteiger partial charge is 0.271 e. The predicted octanol–water partition coefficient (Wildman–Crippen LogP) is 2.21. The van der Waals surface area contributed by atoms with E-state index in [1.807, 2.05) is 7.05 Å². The molecule has 8 heteroatoms. The first-order valence-electron chi connectivity index (χ1n) is 5.93. The van der Waals surface area contributed by atoms with Crippen LogP contribution in [0.25, 0.3) is 0 Å². The Labute approximate surface area is 131 Å². The standard InChI is InChI=1S/C12H14BrN3O3.ClH/c1-14-10-2-3-15(7-10)12(17)8-4-9(13)6-11(5-8)16(18)19;/h4-6,10,14H,2-3,7H2,1H3;1H. The van der Waals surface area contributed by atoms with E-state index in [0.29, 0.717) is 29.2 Å². The van der Waals surface area contributed by atoms with Crippen molar-refractivity contribution in [2.24, 2.45) is 0 Å². The van der Waals surface area contributed by atoms with Gasteiger partial charge in [-0.05, 0) is 19.5 Å². The van der Waals surface area contributed by atoms with E-state index in [-0.39, 0.29) is 24.0 Å². The van der Waals surface area contributed by atoms with Gasteiger partial charge in [-0.1, -0.05) is 15.9 Å². The summed E-state index contributed by atoms with van der Waals surface area (Å²) in [5, 5.41) is 13.9. The van der Waals surface area contributed by atoms with E-state index < -0.39 is 4.92 Å². The molecule has 20 heavy (non-hydrogen) atoms. The Morgan fingerprint density at radius 1 is 1.50 bits per heavy atom. The van der Waals surface area contributed by atoms with Crippen LogP contribution in [-0.4, -0.2) is 41.9 Å². The molecule has 1 heterocycles. The third-order valence-electron chi connectivity index (χ3n) is 3.22. The van der Waals surface area contributed by atoms with Crippen molar-refractivity contribution >= 4 is 39.9 Å². The summed E-state index contributed by atoms with van der Waals surface area (Å²) in [6.07, 6.45) is 0.901. The van der Waals surface area contributed by atoms with Crippen molar-refractivity contribution in [3.8, 4) is 0 Å². The van der Waals surface area contributed by atoms with Gasteiger partial charge in [0.2, 0.25) is 0 Å². The highest BCUT2D eigenvalue weighted by molar-refractivity contribution is 9.10. The number of likely N-dealkylation sites (tertiary alicyclic amines) is 1. The number of hydrogen-bond acceptors (Lipinski definition) is 4. The van der Waals surface area contributed by atoms with Crippen LogP contribution in [0.15, 0.2) is 22.7 Å². The number of nitrogens with one attached hydrogen (secondary N) is 1. The van der Waals surface area contributed by atoms with E-state index in [4.69, 9.17) is 0 Å². The van der Waals surface area contributed by atoms with E-state index in [9.17, 15) is 14.9 Å². The summed E-state index contributed by atoms with van der Waals surface area (Å²) in [6, 6.07) is 4.62. The largest absolute Gasteiger partial charge is 0.337 e. The van der Waals surface area contributed by atoms with Crippen molar-refractivity contribution in [3.05, 3.63) is 38.3 Å². The minimum atomic E-state index is -0.498. The van der Waals surface area contributed by atoms with Gasteiger partial charge >= 0.3 is 0 Å². The van der Waals surface area contributed by atoms with Gasteiger partial charge in [-0.25, -0.2) is 0 Å². The van der Waals surface area contributed by atoms with Gasteiger partial charge in [0, 0.05) is 41.3 Å². The van der Waals surface area contributed by atoms with Crippen LogP contribution in [0.1, 0.15) is 16.8 Å². The summed E-state index contributed by atoms with van der Waals surface area (Å²) in [7, 11) is 1.86. The molecule has 0 saturated carbocycles. The zero-order valence-electron chi connectivity index (χ0n) is 10.8. The molecule has 1 fully saturated rings. The Bertz CT molecular complexity index is 527. The number of nitro groups is 1. The highest BCUT2D eigenvalue weighted by atomic mass is 79.9. The summed E-state index contributed by atoms with van der Waals surface area (Å²) in [6.45, 7) is 1.31. The number of non-ortho nitro benzene ring substituents is 1. The number of nitrogens with zero attached hydrogens (tertiary/aromatic N) is 2. The molecule has 1 amide bonds. The Morgan fingerprint density at radius 3 is 2.75 bits per heavy atom. The normalized spacial score (nSPS) is 17.7. The van der Waals surface area contributed by atoms with Gasteiger partial charge in [0.15, 0.2) is 0 Å². The second-order valence-corrected chi connectivity index (χ2v) is 5.40. The Balaban J connectivity index is 0.00000200. The molecular weight excluding hydrogens is 350 g/mol. The Hall–Kier alpha value is -1.18. The lowest BCUT2D eigenvalue weighted by Gasteiger charge is -2.16. The lowest BCUT2D eigenvalue weighted by Crippen LogP contribution is -2.33. The van der Waals surface area contributed by atoms with Crippen LogP contribution in [0.3, 0.4) is 0 Å². The number of benzene rings is 1. The molecule has 1 aliphatic rings. The lowest BCUT2D eigenvalue weighted by molar-refractivity contribution is -0.385. The van der Waals surface area contributed by atoms with Gasteiger partial charge in [0.05, 0.1) is 4.92 Å². The van der Waals surface area contributed by atoms with Crippen LogP contribution in [0.5, 0.6) is 0 Å². The summed E-state index contributed by atoms with van der Waals surface area (Å²) < 4.78 is 0.536. The molecule has 0 bridgehead atoms. The van der Waals surface area contributed by atoms with Crippen molar-refractivity contribution in [3.63, 3.8) is 0 Å². The molecular formula is C12H15BrClN3O3. The highest BCUT2D eigenvalue weighted by Crippen LogP contribution is 2.23. The summed E-state index contributed by atoms with van der Waals surface area (Å²) in [5.41, 5.74) is 0.264. The Kier molecular flexibility index (Phi) is 5.91. The highest BCUT2D eigenvalue weighted by Gasteiger charge is 2.26. The minimum absolute atomic E-state index is 0. The average molecular weight is 365 g/mol. The second-order valence-electron chi connectivity index (χ2n) is 4.48. The number of nitro benzene ring substituents is 1. The van der Waals surface area contributed by atoms with Crippen LogP contribution in [0.4, 0.5) is 5.69 Å². The summed E-state index contributed by atoms with van der Waals surface area (Å²) in [4.78, 5) is 24.3. The number of amides is 1. The fourth-order valence-corrected chi connectivity index (χ4v) is 2.65. The summed E-state index contributed by atoms with van der Waals surface area (Å²) >= 11 is 3.20. The fourth-order valence-electron chi connectivity index (χ4n) is 2.17. The first kappa shape index (κ1) is 16.9. The van der Waals surface area contributed by atoms with Crippen LogP contribution >= 0.6 is 28.3 Å². The van der Waals surface area contributed by atoms with Crippen molar-refractivity contribution in [1.82, 2.24) is 10.2 Å². The van der Waals surface area contributed by atoms with Crippen molar-refractivity contribution in [2.45, 2.75) is 12.5 Å². The topological polar surface area (TPSA) is 75.5 Å². The van der Waals surface area contributed by atoms with Crippen molar-refractivity contribution < 1.29 is 9.72 Å². The molecule has 1 N–H and O–H groups in total. The van der Waals surface area contributed by atoms with Crippen LogP contribution < -0.4 is 5.32 Å². The van der Waals surface area contributed by atoms with Crippen LogP contribution in [0, 0.1) is 10.1 Å². The predicted molar refractivity (Wildman–Crippen MR) is 81.4 cm³/mol. The SMILES string of the molecule is CNC1CCN(C(=O)c2cc(Br)cc([N+](=O)[O-])c2)C1.Cl. The molecule has 1 aromatic carbocycles. The van der Waals surface area contributed by atoms with Gasteiger partial charge in [-0.15, -0.1) is 12.4 Å². The molecule has 1 atom stereocenters. The molecule has 0 spiro atoms. The van der Waals surface area contributed by atoms with Gasteiger partial charge in [0.25, 0.3) is 11.6 Å². The van der Waals surface area contributed by atoms with Gasteiger partial charge in [-0.3, -0.25) is 14.9 Å². The number of halogens is 2. The van der Waals surface area contributed by atoms with E-state index in [1.165, 1.54) is 12.1 Å².